The van der Waals surface area contributed by atoms with Gasteiger partial charge < -0.3 is 0 Å². The minimum atomic E-state index is 0. The Bertz CT molecular complexity index is 4070. The van der Waals surface area contributed by atoms with Gasteiger partial charge in [-0.05, 0) is 210 Å². The van der Waals surface area contributed by atoms with Gasteiger partial charge in [0.25, 0.3) is 0 Å². The highest BCUT2D eigenvalue weighted by Crippen LogP contribution is 2.33. The maximum atomic E-state index is 3.79. The molecule has 0 aromatic heterocycles. The van der Waals surface area contributed by atoms with E-state index in [4.69, 9.17) is 0 Å². The normalized spacial score (nSPS) is 12.1. The molecule has 0 radical (unpaired) electrons. The van der Waals surface area contributed by atoms with Gasteiger partial charge in [-0.1, -0.05) is 352 Å². The van der Waals surface area contributed by atoms with Crippen molar-refractivity contribution in [2.24, 2.45) is 0 Å². The molecule has 12 aromatic carbocycles. The quantitative estimate of drug-likeness (QED) is 0.0497. The van der Waals surface area contributed by atoms with E-state index in [9.17, 15) is 0 Å². The summed E-state index contributed by atoms with van der Waals surface area (Å²) in [5.74, 6) is 2.42. The maximum absolute atomic E-state index is 3.79. The van der Waals surface area contributed by atoms with Crippen molar-refractivity contribution in [3.63, 3.8) is 0 Å². The fourth-order valence-corrected chi connectivity index (χ4v) is 13.5. The molecule has 0 spiro atoms. The monoisotopic (exact) mass is 1320 g/mol. The first-order valence-electron chi connectivity index (χ1n) is 34.4. The molecular weight excluding hydrogens is 1220 g/mol. The first-order valence-corrected chi connectivity index (χ1v) is 35.2. The van der Waals surface area contributed by atoms with Gasteiger partial charge in [0.05, 0.1) is 0 Å². The summed E-state index contributed by atoms with van der Waals surface area (Å²) in [7, 11) is 0. The molecule has 0 aliphatic heterocycles. The Morgan fingerprint density at radius 1 is 0.330 bits per heavy atom. The average Bonchev–Trinajstić information content (AvgIpc) is 0.925. The molecule has 0 heterocycles. The van der Waals surface area contributed by atoms with Crippen molar-refractivity contribution >= 4 is 77.5 Å². The van der Waals surface area contributed by atoms with Crippen LogP contribution in [0.5, 0.6) is 0 Å². The van der Waals surface area contributed by atoms with Crippen molar-refractivity contribution in [2.75, 3.05) is 0 Å². The van der Waals surface area contributed by atoms with Gasteiger partial charge >= 0.3 is 0 Å². The van der Waals surface area contributed by atoms with E-state index in [-0.39, 0.29) is 12.4 Å². The smallest absolute Gasteiger partial charge is 0.0177 e. The van der Waals surface area contributed by atoms with Crippen LogP contribution in [-0.2, 0) is 12.8 Å². The van der Waals surface area contributed by atoms with Crippen molar-refractivity contribution in [2.45, 2.75) is 156 Å². The van der Waals surface area contributed by atoms with Crippen LogP contribution < -0.4 is 0 Å². The molecule has 0 bridgehead atoms. The summed E-state index contributed by atoms with van der Waals surface area (Å²) in [5.41, 5.74) is 15.5. The summed E-state index contributed by atoms with van der Waals surface area (Å²) in [4.78, 5) is 0. The highest BCUT2D eigenvalue weighted by molar-refractivity contribution is 9.10. The fourth-order valence-electron chi connectivity index (χ4n) is 13.0. The van der Waals surface area contributed by atoms with Gasteiger partial charge in [0.15, 0.2) is 0 Å². The molecule has 12 aromatic rings. The molecule has 0 saturated carbocycles. The molecule has 0 saturated heterocycles. The van der Waals surface area contributed by atoms with E-state index >= 15 is 0 Å². The zero-order valence-electron chi connectivity index (χ0n) is 57.4. The predicted octanol–water partition coefficient (Wildman–Crippen LogP) is 28.2. The zero-order valence-corrected chi connectivity index (χ0v) is 59.8. The van der Waals surface area contributed by atoms with E-state index in [0.717, 1.165) is 17.3 Å². The lowest BCUT2D eigenvalue weighted by atomic mass is 9.90. The minimum Gasteiger partial charge on any atom is -0.147 e. The number of hydrogen-bond acceptors (Lipinski definition) is 0. The van der Waals surface area contributed by atoms with Gasteiger partial charge in [0, 0.05) is 4.47 Å². The van der Waals surface area contributed by atoms with E-state index in [1.807, 2.05) is 18.2 Å². The molecule has 2 heteroatoms. The van der Waals surface area contributed by atoms with Crippen molar-refractivity contribution in [3.8, 4) is 0 Å². The SMILES string of the molecule is C=CCC[C@H](C)c1cccc2ccccc12.Cc1cccc(/C=C/CC[C@H](C)c2cccc3ccccc23)c1.Cc1cccc(Br)c1.Cc1cccc(CCCC[C@H](C)c2cccc3ccccc23)c1.Cc1cccc(CCCC[C@H](C)c2cccc3ccccc23)c1.Cl. The van der Waals surface area contributed by atoms with Crippen LogP contribution >= 0.6 is 28.3 Å². The second-order valence-electron chi connectivity index (χ2n) is 25.9. The summed E-state index contributed by atoms with van der Waals surface area (Å²) >= 11 is 3.36. The number of unbranched alkanes of at least 4 members (excludes halogenated alkanes) is 2. The van der Waals surface area contributed by atoms with E-state index in [1.54, 1.807) is 0 Å². The van der Waals surface area contributed by atoms with Gasteiger partial charge in [-0.25, -0.2) is 0 Å². The standard InChI is InChI=1S/2C23H26.C23H24.C16H18.C7H7Br.ClH/c3*1-18-9-7-12-20(17-18)11-4-3-10-19(2)22-16-8-14-21-13-5-6-15-23(21)22;1-3-4-8-13(2)15-12-7-10-14-9-5-6-11-16(14)15;1-6-3-2-4-7(8)5-6;/h2*5-9,12-17,19H,3-4,10-11H2,1-2H3;4-9,11-17,19H,3,10H2,1-2H3;3,5-7,9-13H,1,4,8H2,2H3;2-5H,1H3;1H/b;;11-4+;;;/t3*19-;13-;;/m0000../s1. The maximum Gasteiger partial charge on any atom is 0.0177 e. The highest BCUT2D eigenvalue weighted by Gasteiger charge is 2.13. The first kappa shape index (κ1) is 73.3. The zero-order chi connectivity index (χ0) is 65.6. The first-order chi connectivity index (χ1) is 45.3. The topological polar surface area (TPSA) is 0 Å². The van der Waals surface area contributed by atoms with Crippen LogP contribution in [0.1, 0.15) is 177 Å². The lowest BCUT2D eigenvalue weighted by Crippen LogP contribution is -1.96. The number of fused-ring (bicyclic) bond motifs is 4. The van der Waals surface area contributed by atoms with Crippen molar-refractivity contribution in [3.05, 3.63) is 351 Å². The van der Waals surface area contributed by atoms with E-state index in [2.05, 4.69) is 345 Å². The number of benzene rings is 12. The summed E-state index contributed by atoms with van der Waals surface area (Å²) in [6.45, 7) is 21.7. The van der Waals surface area contributed by atoms with Crippen molar-refractivity contribution in [1.29, 1.82) is 0 Å². The van der Waals surface area contributed by atoms with Gasteiger partial charge in [-0.3, -0.25) is 0 Å². The molecule has 0 fully saturated rings. The molecule has 0 N–H and O–H groups in total. The molecule has 0 aliphatic rings. The molecule has 484 valence electrons. The summed E-state index contributed by atoms with van der Waals surface area (Å²) in [6, 6.07) is 96.1. The Balaban J connectivity index is 0.000000171. The van der Waals surface area contributed by atoms with Crippen LogP contribution in [0.25, 0.3) is 49.2 Å². The Morgan fingerprint density at radius 2 is 0.649 bits per heavy atom. The number of hydrogen-bond donors (Lipinski definition) is 0. The lowest BCUT2D eigenvalue weighted by Gasteiger charge is -2.14. The third-order valence-corrected chi connectivity index (χ3v) is 18.7. The molecular formula is C92H102BrCl. The fraction of sp³-hybridized carbons (Fsp3) is 0.261. The molecule has 0 nitrogen and oxygen atoms in total. The summed E-state index contributed by atoms with van der Waals surface area (Å²) in [6.07, 6.45) is 21.2. The van der Waals surface area contributed by atoms with Crippen LogP contribution in [0.3, 0.4) is 0 Å². The highest BCUT2D eigenvalue weighted by atomic mass is 79.9. The van der Waals surface area contributed by atoms with Crippen molar-refractivity contribution in [1.82, 2.24) is 0 Å². The van der Waals surface area contributed by atoms with Crippen LogP contribution in [0, 0.1) is 27.7 Å². The van der Waals surface area contributed by atoms with Crippen LogP contribution in [0.15, 0.2) is 290 Å². The second kappa shape index (κ2) is 39.6. The predicted molar refractivity (Wildman–Crippen MR) is 422 cm³/mol. The van der Waals surface area contributed by atoms with E-state index < -0.39 is 0 Å². The Morgan fingerprint density at radius 3 is 1.00 bits per heavy atom. The number of allylic oxidation sites excluding steroid dienone is 2. The van der Waals surface area contributed by atoms with Crippen LogP contribution in [-0.4, -0.2) is 0 Å². The average molecular weight is 1320 g/mol. The largest absolute Gasteiger partial charge is 0.147 e. The third-order valence-electron chi connectivity index (χ3n) is 18.2. The van der Waals surface area contributed by atoms with E-state index in [1.165, 1.54) is 168 Å². The molecule has 12 rings (SSSR count). The Labute approximate surface area is 580 Å². The van der Waals surface area contributed by atoms with Crippen LogP contribution in [0.2, 0.25) is 0 Å². The Kier molecular flexibility index (Phi) is 30.9. The summed E-state index contributed by atoms with van der Waals surface area (Å²) in [5, 5.41) is 11.0. The summed E-state index contributed by atoms with van der Waals surface area (Å²) < 4.78 is 1.15. The molecule has 0 amide bonds. The molecule has 0 unspecified atom stereocenters. The number of aryl methyl sites for hydroxylation is 6. The minimum absolute atomic E-state index is 0. The number of halogens is 2. The molecule has 0 aliphatic carbocycles. The van der Waals surface area contributed by atoms with Gasteiger partial charge in [-0.2, -0.15) is 0 Å². The van der Waals surface area contributed by atoms with Gasteiger partial charge in [-0.15, -0.1) is 19.0 Å². The van der Waals surface area contributed by atoms with Crippen molar-refractivity contribution < 1.29 is 0 Å². The second-order valence-corrected chi connectivity index (χ2v) is 26.8. The number of rotatable bonds is 21. The third kappa shape index (κ3) is 23.4. The van der Waals surface area contributed by atoms with E-state index in [0.29, 0.717) is 23.7 Å². The Hall–Kier alpha value is -8.07. The van der Waals surface area contributed by atoms with Crippen LogP contribution in [0.4, 0.5) is 0 Å². The molecule has 94 heavy (non-hydrogen) atoms. The lowest BCUT2D eigenvalue weighted by molar-refractivity contribution is 0.607. The van der Waals surface area contributed by atoms with Gasteiger partial charge in [0.1, 0.15) is 0 Å². The van der Waals surface area contributed by atoms with Gasteiger partial charge in [0.2, 0.25) is 0 Å². The molecule has 4 atom stereocenters.